The SMILES string of the molecule is O=C(CN1CCc2sccc2[C@@H]1C1CC1)NCc1ccccc1Cl. The molecule has 1 fully saturated rings. The largest absolute Gasteiger partial charge is 0.351 e. The zero-order chi connectivity index (χ0) is 16.5. The van der Waals surface area contributed by atoms with E-state index >= 15 is 0 Å². The number of carbonyl (C=O) groups is 1. The second-order valence-corrected chi connectivity index (χ2v) is 8.08. The highest BCUT2D eigenvalue weighted by atomic mass is 35.5. The maximum absolute atomic E-state index is 12.4. The van der Waals surface area contributed by atoms with Crippen molar-refractivity contribution < 1.29 is 4.79 Å². The number of carbonyl (C=O) groups excluding carboxylic acids is 1. The zero-order valence-electron chi connectivity index (χ0n) is 13.5. The fourth-order valence-electron chi connectivity index (χ4n) is 3.62. The van der Waals surface area contributed by atoms with Crippen molar-refractivity contribution in [1.29, 1.82) is 0 Å². The minimum atomic E-state index is 0.0826. The number of halogens is 1. The number of benzene rings is 1. The number of amides is 1. The third-order valence-electron chi connectivity index (χ3n) is 4.97. The van der Waals surface area contributed by atoms with Gasteiger partial charge in [0.25, 0.3) is 0 Å². The summed E-state index contributed by atoms with van der Waals surface area (Å²) in [6, 6.07) is 10.4. The van der Waals surface area contributed by atoms with Crippen LogP contribution in [0.3, 0.4) is 0 Å². The molecule has 1 aliphatic carbocycles. The molecule has 1 amide bonds. The van der Waals surface area contributed by atoms with Crippen LogP contribution < -0.4 is 5.32 Å². The molecule has 0 spiro atoms. The number of nitrogens with one attached hydrogen (secondary N) is 1. The molecule has 2 heterocycles. The van der Waals surface area contributed by atoms with Crippen molar-refractivity contribution in [3.8, 4) is 0 Å². The van der Waals surface area contributed by atoms with Crippen LogP contribution in [0.25, 0.3) is 0 Å². The van der Waals surface area contributed by atoms with Crippen molar-refractivity contribution in [2.75, 3.05) is 13.1 Å². The highest BCUT2D eigenvalue weighted by Gasteiger charge is 2.40. The summed E-state index contributed by atoms with van der Waals surface area (Å²) < 4.78 is 0. The van der Waals surface area contributed by atoms with E-state index in [0.29, 0.717) is 24.2 Å². The van der Waals surface area contributed by atoms with Crippen molar-refractivity contribution in [3.63, 3.8) is 0 Å². The van der Waals surface area contributed by atoms with Crippen molar-refractivity contribution >= 4 is 28.8 Å². The Morgan fingerprint density at radius 1 is 1.29 bits per heavy atom. The quantitative estimate of drug-likeness (QED) is 0.873. The summed E-state index contributed by atoms with van der Waals surface area (Å²) in [6.07, 6.45) is 3.64. The maximum Gasteiger partial charge on any atom is 0.234 e. The van der Waals surface area contributed by atoms with E-state index in [9.17, 15) is 4.79 Å². The number of hydrogen-bond donors (Lipinski definition) is 1. The Morgan fingerprint density at radius 3 is 2.92 bits per heavy atom. The van der Waals surface area contributed by atoms with Gasteiger partial charge in [0, 0.05) is 29.0 Å². The Balaban J connectivity index is 1.39. The molecule has 2 aliphatic rings. The minimum Gasteiger partial charge on any atom is -0.351 e. The van der Waals surface area contributed by atoms with Gasteiger partial charge < -0.3 is 5.32 Å². The summed E-state index contributed by atoms with van der Waals surface area (Å²) in [5.74, 6) is 0.814. The maximum atomic E-state index is 12.4. The molecular formula is C19H21ClN2OS. The first-order chi connectivity index (χ1) is 11.7. The van der Waals surface area contributed by atoms with E-state index < -0.39 is 0 Å². The summed E-state index contributed by atoms with van der Waals surface area (Å²) >= 11 is 8.02. The molecule has 1 aromatic carbocycles. The van der Waals surface area contributed by atoms with E-state index in [4.69, 9.17) is 11.6 Å². The molecule has 0 radical (unpaired) electrons. The van der Waals surface area contributed by atoms with Gasteiger partial charge in [-0.3, -0.25) is 9.69 Å². The molecule has 1 atom stereocenters. The van der Waals surface area contributed by atoms with Crippen LogP contribution in [-0.2, 0) is 17.8 Å². The Bertz CT molecular complexity index is 740. The van der Waals surface area contributed by atoms with Crippen LogP contribution in [0.5, 0.6) is 0 Å². The molecule has 1 saturated carbocycles. The lowest BCUT2D eigenvalue weighted by Gasteiger charge is -2.35. The van der Waals surface area contributed by atoms with E-state index in [1.165, 1.54) is 23.3 Å². The first kappa shape index (κ1) is 16.1. The van der Waals surface area contributed by atoms with Crippen molar-refractivity contribution in [2.45, 2.75) is 31.8 Å². The molecule has 1 N–H and O–H groups in total. The predicted octanol–water partition coefficient (Wildman–Crippen LogP) is 4.03. The number of hydrogen-bond acceptors (Lipinski definition) is 3. The fourth-order valence-corrected chi connectivity index (χ4v) is 4.73. The number of rotatable bonds is 5. The molecule has 1 aliphatic heterocycles. The van der Waals surface area contributed by atoms with E-state index in [1.54, 1.807) is 0 Å². The number of nitrogens with zero attached hydrogens (tertiary/aromatic N) is 1. The van der Waals surface area contributed by atoms with Gasteiger partial charge in [-0.1, -0.05) is 29.8 Å². The number of fused-ring (bicyclic) bond motifs is 1. The summed E-state index contributed by atoms with van der Waals surface area (Å²) in [5, 5.41) is 5.92. The fraction of sp³-hybridized carbons (Fsp3) is 0.421. The van der Waals surface area contributed by atoms with Crippen LogP contribution in [0.1, 0.15) is 34.9 Å². The standard InChI is InChI=1S/C19H21ClN2OS/c20-16-4-2-1-3-14(16)11-21-18(23)12-22-9-7-17-15(8-10-24-17)19(22)13-5-6-13/h1-4,8,10,13,19H,5-7,9,11-12H2,(H,21,23)/t19-/m0/s1. The third kappa shape index (κ3) is 3.37. The van der Waals surface area contributed by atoms with Gasteiger partial charge in [-0.05, 0) is 53.8 Å². The molecule has 126 valence electrons. The van der Waals surface area contributed by atoms with Gasteiger partial charge in [0.1, 0.15) is 0 Å². The normalized spacial score (nSPS) is 20.6. The van der Waals surface area contributed by atoms with E-state index in [1.807, 2.05) is 35.6 Å². The Morgan fingerprint density at radius 2 is 2.12 bits per heavy atom. The molecule has 0 saturated heterocycles. The van der Waals surface area contributed by atoms with Gasteiger partial charge in [-0.2, -0.15) is 0 Å². The molecule has 1 aromatic heterocycles. The lowest BCUT2D eigenvalue weighted by Crippen LogP contribution is -2.42. The monoisotopic (exact) mass is 360 g/mol. The molecule has 24 heavy (non-hydrogen) atoms. The van der Waals surface area contributed by atoms with Gasteiger partial charge >= 0.3 is 0 Å². The Hall–Kier alpha value is -1.36. The van der Waals surface area contributed by atoms with E-state index in [2.05, 4.69) is 21.7 Å². The second-order valence-electron chi connectivity index (χ2n) is 6.67. The van der Waals surface area contributed by atoms with Gasteiger partial charge in [0.15, 0.2) is 0 Å². The summed E-state index contributed by atoms with van der Waals surface area (Å²) in [4.78, 5) is 16.3. The van der Waals surface area contributed by atoms with Crippen molar-refractivity contribution in [3.05, 3.63) is 56.7 Å². The average Bonchev–Trinajstić information content (AvgIpc) is 3.30. The summed E-state index contributed by atoms with van der Waals surface area (Å²) in [7, 11) is 0. The van der Waals surface area contributed by atoms with Crippen LogP contribution in [-0.4, -0.2) is 23.9 Å². The Labute approximate surface area is 151 Å². The molecule has 5 heteroatoms. The molecule has 2 aromatic rings. The van der Waals surface area contributed by atoms with Crippen LogP contribution in [0.4, 0.5) is 0 Å². The van der Waals surface area contributed by atoms with Crippen LogP contribution in [0.2, 0.25) is 5.02 Å². The van der Waals surface area contributed by atoms with Crippen LogP contribution in [0, 0.1) is 5.92 Å². The molecule has 4 rings (SSSR count). The molecular weight excluding hydrogens is 340 g/mol. The minimum absolute atomic E-state index is 0.0826. The van der Waals surface area contributed by atoms with Crippen LogP contribution >= 0.6 is 22.9 Å². The first-order valence-corrected chi connectivity index (χ1v) is 9.78. The molecule has 0 bridgehead atoms. The molecule has 0 unspecified atom stereocenters. The van der Waals surface area contributed by atoms with Crippen LogP contribution in [0.15, 0.2) is 35.7 Å². The second kappa shape index (κ2) is 6.87. The van der Waals surface area contributed by atoms with Crippen molar-refractivity contribution in [2.24, 2.45) is 5.92 Å². The zero-order valence-corrected chi connectivity index (χ0v) is 15.1. The summed E-state index contributed by atoms with van der Waals surface area (Å²) in [5.41, 5.74) is 2.43. The molecule has 3 nitrogen and oxygen atoms in total. The van der Waals surface area contributed by atoms with Gasteiger partial charge in [0.2, 0.25) is 5.91 Å². The summed E-state index contributed by atoms with van der Waals surface area (Å²) in [6.45, 7) is 1.94. The lowest BCUT2D eigenvalue weighted by molar-refractivity contribution is -0.123. The topological polar surface area (TPSA) is 32.3 Å². The van der Waals surface area contributed by atoms with E-state index in [-0.39, 0.29) is 5.91 Å². The predicted molar refractivity (Wildman–Crippen MR) is 98.4 cm³/mol. The average molecular weight is 361 g/mol. The smallest absolute Gasteiger partial charge is 0.234 e. The highest BCUT2D eigenvalue weighted by Crippen LogP contribution is 2.48. The third-order valence-corrected chi connectivity index (χ3v) is 6.33. The van der Waals surface area contributed by atoms with Crippen molar-refractivity contribution in [1.82, 2.24) is 10.2 Å². The van der Waals surface area contributed by atoms with Gasteiger partial charge in [0.05, 0.1) is 6.54 Å². The van der Waals surface area contributed by atoms with E-state index in [0.717, 1.165) is 24.4 Å². The Kier molecular flexibility index (Phi) is 4.61. The lowest BCUT2D eigenvalue weighted by atomic mass is 9.96. The van der Waals surface area contributed by atoms with Gasteiger partial charge in [-0.25, -0.2) is 0 Å². The first-order valence-electron chi connectivity index (χ1n) is 8.53. The van der Waals surface area contributed by atoms with Gasteiger partial charge in [-0.15, -0.1) is 11.3 Å². The highest BCUT2D eigenvalue weighted by molar-refractivity contribution is 7.10. The number of thiophene rings is 1.